The van der Waals surface area contributed by atoms with E-state index in [9.17, 15) is 9.59 Å². The van der Waals surface area contributed by atoms with Crippen LogP contribution < -0.4 is 0 Å². The summed E-state index contributed by atoms with van der Waals surface area (Å²) in [7, 11) is 0. The van der Waals surface area contributed by atoms with Crippen LogP contribution in [0.25, 0.3) is 0 Å². The fourth-order valence-corrected chi connectivity index (χ4v) is 7.14. The number of amides is 1. The van der Waals surface area contributed by atoms with Crippen molar-refractivity contribution in [2.45, 2.75) is 39.7 Å². The molecule has 2 aromatic carbocycles. The van der Waals surface area contributed by atoms with Crippen molar-refractivity contribution in [3.05, 3.63) is 68.8 Å². The van der Waals surface area contributed by atoms with Crippen molar-refractivity contribution in [2.24, 2.45) is 0 Å². The molecule has 0 aromatic heterocycles. The molecule has 1 aliphatic rings. The average Bonchev–Trinajstić information content (AvgIpc) is 2.80. The summed E-state index contributed by atoms with van der Waals surface area (Å²) in [5, 5.41) is 0. The molecule has 1 heterocycles. The first-order valence-electron chi connectivity index (χ1n) is 8.17. The van der Waals surface area contributed by atoms with Gasteiger partial charge in [0.1, 0.15) is 0 Å². The topological polar surface area (TPSA) is 46.6 Å². The van der Waals surface area contributed by atoms with E-state index < -0.39 is 20.5 Å². The SMILES string of the molecule is CC(=O)OI1c2ccccc2C(=O)N1Cc1ccc(C(C)(C)C)cc1. The first-order valence-corrected chi connectivity index (χ1v) is 11.1. The Morgan fingerprint density at radius 1 is 1.08 bits per heavy atom. The summed E-state index contributed by atoms with van der Waals surface area (Å²) in [6.45, 7) is 8.39. The summed E-state index contributed by atoms with van der Waals surface area (Å²) in [5.74, 6) is -0.371. The van der Waals surface area contributed by atoms with Crippen molar-refractivity contribution in [3.8, 4) is 0 Å². The molecule has 1 aliphatic heterocycles. The van der Waals surface area contributed by atoms with Crippen molar-refractivity contribution in [1.29, 1.82) is 0 Å². The predicted molar refractivity (Wildman–Crippen MR) is 106 cm³/mol. The van der Waals surface area contributed by atoms with Crippen LogP contribution in [0.3, 0.4) is 0 Å². The molecule has 0 atom stereocenters. The molecule has 1 amide bonds. The summed E-state index contributed by atoms with van der Waals surface area (Å²) < 4.78 is 8.26. The van der Waals surface area contributed by atoms with Gasteiger partial charge in [-0.3, -0.25) is 0 Å². The molecular formula is C20H22INO3. The Morgan fingerprint density at radius 3 is 2.32 bits per heavy atom. The van der Waals surface area contributed by atoms with E-state index in [-0.39, 0.29) is 17.3 Å². The summed E-state index contributed by atoms with van der Waals surface area (Å²) in [6.07, 6.45) is 0. The second-order valence-corrected chi connectivity index (χ2v) is 11.1. The maximum atomic E-state index is 12.8. The van der Waals surface area contributed by atoms with E-state index in [4.69, 9.17) is 3.07 Å². The van der Waals surface area contributed by atoms with Gasteiger partial charge in [0, 0.05) is 0 Å². The van der Waals surface area contributed by atoms with Gasteiger partial charge in [0.25, 0.3) is 0 Å². The van der Waals surface area contributed by atoms with Gasteiger partial charge in [0.05, 0.1) is 0 Å². The van der Waals surface area contributed by atoms with E-state index in [2.05, 4.69) is 45.0 Å². The Balaban J connectivity index is 1.88. The number of hydrogen-bond donors (Lipinski definition) is 0. The van der Waals surface area contributed by atoms with Gasteiger partial charge >= 0.3 is 157 Å². The van der Waals surface area contributed by atoms with E-state index >= 15 is 0 Å². The number of benzene rings is 2. The van der Waals surface area contributed by atoms with Crippen molar-refractivity contribution in [1.82, 2.24) is 3.11 Å². The third-order valence-electron chi connectivity index (χ3n) is 4.01. The molecule has 0 bridgehead atoms. The minimum absolute atomic E-state index is 0.0399. The van der Waals surface area contributed by atoms with Gasteiger partial charge in [-0.15, -0.1) is 0 Å². The quantitative estimate of drug-likeness (QED) is 0.502. The van der Waals surface area contributed by atoms with Gasteiger partial charge in [0.2, 0.25) is 0 Å². The molecule has 0 N–H and O–H groups in total. The summed E-state index contributed by atoms with van der Waals surface area (Å²) in [6, 6.07) is 15.8. The van der Waals surface area contributed by atoms with Crippen LogP contribution in [0.1, 0.15) is 49.2 Å². The van der Waals surface area contributed by atoms with Crippen LogP contribution in [0.5, 0.6) is 0 Å². The van der Waals surface area contributed by atoms with Crippen molar-refractivity contribution in [2.75, 3.05) is 0 Å². The normalized spacial score (nSPS) is 15.3. The average molecular weight is 451 g/mol. The molecule has 0 saturated carbocycles. The molecule has 25 heavy (non-hydrogen) atoms. The van der Waals surface area contributed by atoms with Crippen molar-refractivity contribution >= 4 is 32.4 Å². The number of carbonyl (C=O) groups is 2. The van der Waals surface area contributed by atoms with Gasteiger partial charge in [0.15, 0.2) is 0 Å². The Kier molecular flexibility index (Phi) is 4.86. The fraction of sp³-hybridized carbons (Fsp3) is 0.300. The van der Waals surface area contributed by atoms with Crippen LogP contribution in [0.2, 0.25) is 0 Å². The van der Waals surface area contributed by atoms with Crippen LogP contribution in [0.4, 0.5) is 0 Å². The molecule has 0 radical (unpaired) electrons. The van der Waals surface area contributed by atoms with E-state index in [0.717, 1.165) is 9.13 Å². The Bertz CT molecular complexity index is 808. The van der Waals surface area contributed by atoms with Crippen LogP contribution in [0.15, 0.2) is 48.5 Å². The second-order valence-electron chi connectivity index (χ2n) is 7.05. The van der Waals surface area contributed by atoms with Gasteiger partial charge in [-0.25, -0.2) is 0 Å². The molecule has 0 fully saturated rings. The van der Waals surface area contributed by atoms with Crippen LogP contribution in [-0.4, -0.2) is 15.0 Å². The van der Waals surface area contributed by atoms with Gasteiger partial charge < -0.3 is 0 Å². The summed E-state index contributed by atoms with van der Waals surface area (Å²) in [5.41, 5.74) is 3.06. The Morgan fingerprint density at radius 2 is 1.72 bits per heavy atom. The number of halogens is 1. The standard InChI is InChI=1S/C20H22INO3/c1-14(23)25-21-18-8-6-5-7-17(18)19(24)22(21)13-15-9-11-16(12-10-15)20(2,3)4/h5-12H,13H2,1-4H3. The number of rotatable bonds is 3. The Labute approximate surface area is 156 Å². The third-order valence-corrected chi connectivity index (χ3v) is 8.82. The molecule has 3 rings (SSSR count). The first-order chi connectivity index (χ1) is 11.8. The molecule has 4 nitrogen and oxygen atoms in total. The molecule has 0 spiro atoms. The third kappa shape index (κ3) is 3.71. The number of fused-ring (bicyclic) bond motifs is 1. The number of hydrogen-bond acceptors (Lipinski definition) is 3. The summed E-state index contributed by atoms with van der Waals surface area (Å²) in [4.78, 5) is 24.3. The molecule has 2 aromatic rings. The molecule has 132 valence electrons. The van der Waals surface area contributed by atoms with Crippen molar-refractivity contribution < 1.29 is 12.7 Å². The van der Waals surface area contributed by atoms with Crippen LogP contribution in [-0.2, 0) is 19.8 Å². The molecular weight excluding hydrogens is 429 g/mol. The molecule has 0 aliphatic carbocycles. The van der Waals surface area contributed by atoms with Gasteiger partial charge in [-0.1, -0.05) is 0 Å². The maximum absolute atomic E-state index is 12.8. The monoisotopic (exact) mass is 451 g/mol. The van der Waals surface area contributed by atoms with Gasteiger partial charge in [-0.2, -0.15) is 0 Å². The zero-order valence-electron chi connectivity index (χ0n) is 14.9. The van der Waals surface area contributed by atoms with E-state index in [1.165, 1.54) is 12.5 Å². The van der Waals surface area contributed by atoms with Gasteiger partial charge in [-0.05, 0) is 0 Å². The zero-order valence-corrected chi connectivity index (χ0v) is 17.0. The van der Waals surface area contributed by atoms with Crippen LogP contribution in [0, 0.1) is 3.57 Å². The number of nitrogens with zero attached hydrogens (tertiary/aromatic N) is 1. The van der Waals surface area contributed by atoms with Crippen LogP contribution >= 0.6 is 20.5 Å². The van der Waals surface area contributed by atoms with E-state index in [0.29, 0.717) is 12.1 Å². The first kappa shape index (κ1) is 17.9. The number of carbonyl (C=O) groups excluding carboxylic acids is 2. The molecule has 0 unspecified atom stereocenters. The Hall–Kier alpha value is -1.89. The fourth-order valence-electron chi connectivity index (χ4n) is 2.67. The van der Waals surface area contributed by atoms with E-state index in [1.807, 2.05) is 24.3 Å². The molecule has 5 heteroatoms. The summed E-state index contributed by atoms with van der Waals surface area (Å²) >= 11 is -2.50. The minimum atomic E-state index is -2.50. The second kappa shape index (κ2) is 6.78. The van der Waals surface area contributed by atoms with E-state index in [1.54, 1.807) is 3.11 Å². The zero-order chi connectivity index (χ0) is 18.2. The molecule has 0 saturated heterocycles. The predicted octanol–water partition coefficient (Wildman–Crippen LogP) is 4.71. The van der Waals surface area contributed by atoms with Crippen molar-refractivity contribution in [3.63, 3.8) is 0 Å².